The number of aromatic nitrogens is 2. The molecular weight excluding hydrogens is 483 g/mol. The highest BCUT2D eigenvalue weighted by Gasteiger charge is 2.31. The van der Waals surface area contributed by atoms with Gasteiger partial charge in [-0.3, -0.25) is 15.2 Å². The van der Waals surface area contributed by atoms with Crippen LogP contribution in [0.4, 0.5) is 24.8 Å². The van der Waals surface area contributed by atoms with Gasteiger partial charge in [0.2, 0.25) is 11.9 Å². The molecule has 2 heterocycles. The second-order valence-corrected chi connectivity index (χ2v) is 8.20. The lowest BCUT2D eigenvalue weighted by molar-refractivity contribution is -0.274. The Morgan fingerprint density at radius 3 is 2.54 bits per heavy atom. The van der Waals surface area contributed by atoms with E-state index in [0.29, 0.717) is 24.1 Å². The molecule has 3 rings (SSSR count). The fourth-order valence-corrected chi connectivity index (χ4v) is 3.56. The minimum atomic E-state index is -4.78. The van der Waals surface area contributed by atoms with Gasteiger partial charge >= 0.3 is 6.36 Å². The molecule has 0 saturated carbocycles. The van der Waals surface area contributed by atoms with Crippen molar-refractivity contribution in [3.63, 3.8) is 0 Å². The molecule has 2 aromatic rings. The Morgan fingerprint density at radius 1 is 1.14 bits per heavy atom. The molecule has 13 heteroatoms. The molecule has 0 amide bonds. The third kappa shape index (κ3) is 10.0. The van der Waals surface area contributed by atoms with Crippen LogP contribution in [-0.4, -0.2) is 71.7 Å². The first-order valence-electron chi connectivity index (χ1n) is 11.0. The van der Waals surface area contributed by atoms with E-state index in [1.807, 2.05) is 19.9 Å². The predicted molar refractivity (Wildman–Crippen MR) is 132 cm³/mol. The first kappa shape index (κ1) is 26.6. The number of aryl methyl sites for hydroxylation is 2. The Hall–Kier alpha value is -3.03. The second kappa shape index (κ2) is 12.6. The van der Waals surface area contributed by atoms with Gasteiger partial charge in [0, 0.05) is 49.3 Å². The van der Waals surface area contributed by atoms with E-state index < -0.39 is 6.36 Å². The summed E-state index contributed by atoms with van der Waals surface area (Å²) in [6, 6.07) is 7.24. The number of nitrogens with one attached hydrogen (secondary N) is 3. The summed E-state index contributed by atoms with van der Waals surface area (Å²) < 4.78 is 46.9. The van der Waals surface area contributed by atoms with Crippen LogP contribution in [0.1, 0.15) is 17.8 Å². The van der Waals surface area contributed by atoms with Crippen LogP contribution in [-0.2, 0) is 4.74 Å². The van der Waals surface area contributed by atoms with Gasteiger partial charge in [-0.2, -0.15) is 0 Å². The third-order valence-corrected chi connectivity index (χ3v) is 4.98. The molecule has 1 fully saturated rings. The van der Waals surface area contributed by atoms with Gasteiger partial charge in [-0.05, 0) is 50.7 Å². The molecule has 190 valence electrons. The van der Waals surface area contributed by atoms with Gasteiger partial charge in [-0.25, -0.2) is 9.97 Å². The summed E-state index contributed by atoms with van der Waals surface area (Å²) in [5, 5.41) is 8.94. The summed E-state index contributed by atoms with van der Waals surface area (Å²) >= 11 is 5.35. The quantitative estimate of drug-likeness (QED) is 0.224. The summed E-state index contributed by atoms with van der Waals surface area (Å²) in [7, 11) is 0. The summed E-state index contributed by atoms with van der Waals surface area (Å²) in [4.78, 5) is 15.6. The van der Waals surface area contributed by atoms with Crippen molar-refractivity contribution in [3.8, 4) is 5.75 Å². The maximum absolute atomic E-state index is 12.5. The minimum Gasteiger partial charge on any atom is -0.406 e. The maximum atomic E-state index is 12.5. The molecule has 1 aromatic heterocycles. The molecule has 9 nitrogen and oxygen atoms in total. The average molecular weight is 512 g/mol. The van der Waals surface area contributed by atoms with E-state index in [2.05, 4.69) is 40.5 Å². The number of nitrogens with zero attached hydrogens (tertiary/aromatic N) is 4. The van der Waals surface area contributed by atoms with Crippen LogP contribution in [0.3, 0.4) is 0 Å². The van der Waals surface area contributed by atoms with Crippen LogP contribution in [0, 0.1) is 13.8 Å². The molecule has 35 heavy (non-hydrogen) atoms. The summed E-state index contributed by atoms with van der Waals surface area (Å²) in [6.45, 7) is 8.37. The first-order chi connectivity index (χ1) is 16.7. The molecule has 1 aliphatic rings. The molecule has 0 bridgehead atoms. The number of alkyl halides is 3. The van der Waals surface area contributed by atoms with Gasteiger partial charge in [0.15, 0.2) is 5.11 Å². The zero-order valence-corrected chi connectivity index (χ0v) is 20.3. The van der Waals surface area contributed by atoms with Crippen LogP contribution in [0.2, 0.25) is 0 Å². The van der Waals surface area contributed by atoms with Gasteiger partial charge in [0.25, 0.3) is 0 Å². The van der Waals surface area contributed by atoms with Gasteiger partial charge < -0.3 is 20.1 Å². The van der Waals surface area contributed by atoms with Crippen molar-refractivity contribution < 1.29 is 22.6 Å². The highest BCUT2D eigenvalue weighted by molar-refractivity contribution is 7.80. The topological polar surface area (TPSA) is 95.9 Å². The molecule has 0 unspecified atom stereocenters. The lowest BCUT2D eigenvalue weighted by Crippen LogP contribution is -2.39. The van der Waals surface area contributed by atoms with E-state index in [0.717, 1.165) is 50.7 Å². The van der Waals surface area contributed by atoms with Crippen molar-refractivity contribution in [2.75, 3.05) is 50.0 Å². The largest absolute Gasteiger partial charge is 0.573 e. The fraction of sp³-hybridized carbons (Fsp3) is 0.455. The van der Waals surface area contributed by atoms with Crippen LogP contribution < -0.4 is 20.7 Å². The van der Waals surface area contributed by atoms with Crippen molar-refractivity contribution >= 4 is 34.9 Å². The van der Waals surface area contributed by atoms with E-state index in [1.54, 1.807) is 6.07 Å². The fourth-order valence-electron chi connectivity index (χ4n) is 3.35. The van der Waals surface area contributed by atoms with E-state index in [4.69, 9.17) is 17.0 Å². The number of anilines is 2. The number of morpholine rings is 1. The van der Waals surface area contributed by atoms with E-state index in [1.165, 1.54) is 18.2 Å². The number of aliphatic imine (C=N–C) groups is 1. The van der Waals surface area contributed by atoms with Crippen molar-refractivity contribution in [2.24, 2.45) is 4.99 Å². The second-order valence-electron chi connectivity index (χ2n) is 7.79. The third-order valence-electron chi connectivity index (χ3n) is 4.78. The molecule has 0 radical (unpaired) electrons. The number of hydrogen-bond donors (Lipinski definition) is 3. The summed E-state index contributed by atoms with van der Waals surface area (Å²) in [5.74, 6) is 0.312. The van der Waals surface area contributed by atoms with Gasteiger partial charge in [0.1, 0.15) is 5.75 Å². The molecule has 0 atom stereocenters. The van der Waals surface area contributed by atoms with Gasteiger partial charge in [-0.1, -0.05) is 6.07 Å². The maximum Gasteiger partial charge on any atom is 0.573 e. The van der Waals surface area contributed by atoms with Gasteiger partial charge in [-0.15, -0.1) is 13.2 Å². The summed E-state index contributed by atoms with van der Waals surface area (Å²) in [5.41, 5.74) is 1.89. The Kier molecular flexibility index (Phi) is 9.57. The number of guanidine groups is 1. The Morgan fingerprint density at radius 2 is 1.86 bits per heavy atom. The zero-order chi connectivity index (χ0) is 25.3. The van der Waals surface area contributed by atoms with E-state index in [-0.39, 0.29) is 10.9 Å². The molecule has 1 saturated heterocycles. The smallest absolute Gasteiger partial charge is 0.406 e. The molecule has 0 spiro atoms. The molecular formula is C22H28F3N7O2S. The monoisotopic (exact) mass is 511 g/mol. The SMILES string of the molecule is Cc1cc(C)nc(NC(=NCCCN2CCOCC2)NC(=S)Nc2cccc(OC(F)(F)F)c2)n1. The van der Waals surface area contributed by atoms with E-state index in [9.17, 15) is 13.2 Å². The van der Waals surface area contributed by atoms with Crippen LogP contribution >= 0.6 is 12.2 Å². The Balaban J connectivity index is 1.64. The van der Waals surface area contributed by atoms with Crippen LogP contribution in [0.15, 0.2) is 35.3 Å². The number of ether oxygens (including phenoxy) is 2. The van der Waals surface area contributed by atoms with E-state index >= 15 is 0 Å². The number of rotatable bonds is 7. The van der Waals surface area contributed by atoms with Crippen molar-refractivity contribution in [2.45, 2.75) is 26.6 Å². The van der Waals surface area contributed by atoms with Crippen molar-refractivity contribution in [1.29, 1.82) is 0 Å². The minimum absolute atomic E-state index is 0.123. The zero-order valence-electron chi connectivity index (χ0n) is 19.5. The molecule has 0 aliphatic carbocycles. The number of hydrogen-bond acceptors (Lipinski definition) is 7. The normalized spacial score (nSPS) is 14.9. The highest BCUT2D eigenvalue weighted by Crippen LogP contribution is 2.25. The van der Waals surface area contributed by atoms with Crippen molar-refractivity contribution in [3.05, 3.63) is 41.7 Å². The lowest BCUT2D eigenvalue weighted by Gasteiger charge is -2.26. The Labute approximate surface area is 207 Å². The molecule has 3 N–H and O–H groups in total. The lowest BCUT2D eigenvalue weighted by atomic mass is 10.3. The number of thiocarbonyl (C=S) groups is 1. The van der Waals surface area contributed by atoms with Gasteiger partial charge in [0.05, 0.1) is 13.2 Å². The predicted octanol–water partition coefficient (Wildman–Crippen LogP) is 3.47. The standard InChI is InChI=1S/C22H28F3N7O2S/c1-15-13-16(2)28-20(27-15)30-19(26-7-4-8-32-9-11-33-12-10-32)31-21(35)29-17-5-3-6-18(14-17)34-22(23,24)25/h3,5-6,13-14H,4,7-12H2,1-2H3,(H3,26,27,28,29,30,31,35). The average Bonchev–Trinajstić information content (AvgIpc) is 2.75. The van der Waals surface area contributed by atoms with Crippen molar-refractivity contribution in [1.82, 2.24) is 20.2 Å². The van der Waals surface area contributed by atoms with Crippen LogP contribution in [0.5, 0.6) is 5.75 Å². The first-order valence-corrected chi connectivity index (χ1v) is 11.4. The number of halogens is 3. The summed E-state index contributed by atoms with van der Waals surface area (Å²) in [6.07, 6.45) is -3.97. The van der Waals surface area contributed by atoms with Crippen LogP contribution in [0.25, 0.3) is 0 Å². The molecule has 1 aliphatic heterocycles. The molecule has 1 aromatic carbocycles. The Bertz CT molecular complexity index is 1010. The number of benzene rings is 1. The highest BCUT2D eigenvalue weighted by atomic mass is 32.1.